The lowest BCUT2D eigenvalue weighted by molar-refractivity contribution is -0.161. The van der Waals surface area contributed by atoms with Crippen LogP contribution in [0.4, 0.5) is 0 Å². The molecule has 0 aliphatic rings. The van der Waals surface area contributed by atoms with Gasteiger partial charge in [0.15, 0.2) is 6.10 Å². The van der Waals surface area contributed by atoms with Crippen LogP contribution in [0, 0.1) is 0 Å². The summed E-state index contributed by atoms with van der Waals surface area (Å²) in [4.78, 5) is 34.8. The van der Waals surface area contributed by atoms with Crippen molar-refractivity contribution >= 4 is 19.8 Å². The third-order valence-electron chi connectivity index (χ3n) is 7.77. The van der Waals surface area contributed by atoms with Crippen LogP contribution < -0.4 is 5.73 Å². The monoisotopic (exact) mass is 761 g/mol. The SMILES string of the molecule is CC/C=C\C/C=C\C/C=C\C/C=C\C/C=C\CCCC(=O)O[C@H](COC(=O)CCCCCCC/C=C\C/C=C\CCCCC)COP(=O)(O)OCCN. The summed E-state index contributed by atoms with van der Waals surface area (Å²) in [7, 11) is -4.40. The number of hydrogen-bond acceptors (Lipinski definition) is 8. The van der Waals surface area contributed by atoms with Gasteiger partial charge in [0.05, 0.1) is 13.2 Å². The van der Waals surface area contributed by atoms with Crippen molar-refractivity contribution in [1.29, 1.82) is 0 Å². The number of phosphoric ester groups is 1. The highest BCUT2D eigenvalue weighted by Gasteiger charge is 2.25. The van der Waals surface area contributed by atoms with Crippen LogP contribution in [0.1, 0.15) is 142 Å². The molecule has 0 spiro atoms. The average Bonchev–Trinajstić information content (AvgIpc) is 3.14. The molecule has 0 bridgehead atoms. The fourth-order valence-corrected chi connectivity index (χ4v) is 5.58. The second kappa shape index (κ2) is 38.9. The van der Waals surface area contributed by atoms with Crippen molar-refractivity contribution in [2.45, 2.75) is 148 Å². The molecule has 0 rings (SSSR count). The summed E-state index contributed by atoms with van der Waals surface area (Å²) in [5.74, 6) is -0.923. The van der Waals surface area contributed by atoms with Gasteiger partial charge in [0.25, 0.3) is 0 Å². The topological polar surface area (TPSA) is 134 Å². The maximum Gasteiger partial charge on any atom is 0.472 e. The van der Waals surface area contributed by atoms with E-state index in [-0.39, 0.29) is 32.6 Å². The minimum atomic E-state index is -4.40. The largest absolute Gasteiger partial charge is 0.472 e. The van der Waals surface area contributed by atoms with E-state index in [1.807, 2.05) is 6.08 Å². The van der Waals surface area contributed by atoms with Crippen LogP contribution in [-0.4, -0.2) is 49.3 Å². The molecule has 53 heavy (non-hydrogen) atoms. The lowest BCUT2D eigenvalue weighted by atomic mass is 10.1. The van der Waals surface area contributed by atoms with Crippen LogP contribution in [0.15, 0.2) is 85.1 Å². The summed E-state index contributed by atoms with van der Waals surface area (Å²) in [5, 5.41) is 0. The molecule has 0 saturated carbocycles. The zero-order chi connectivity index (χ0) is 38.9. The Hall–Kier alpha value is -2.81. The van der Waals surface area contributed by atoms with Gasteiger partial charge in [0.1, 0.15) is 6.61 Å². The second-order valence-corrected chi connectivity index (χ2v) is 14.2. The number of ether oxygens (including phenoxy) is 2. The maximum atomic E-state index is 12.5. The Kier molecular flexibility index (Phi) is 36.8. The third-order valence-corrected chi connectivity index (χ3v) is 8.75. The highest BCUT2D eigenvalue weighted by atomic mass is 31.2. The van der Waals surface area contributed by atoms with Gasteiger partial charge < -0.3 is 20.1 Å². The first-order valence-corrected chi connectivity index (χ1v) is 21.6. The van der Waals surface area contributed by atoms with E-state index in [9.17, 15) is 19.0 Å². The van der Waals surface area contributed by atoms with Gasteiger partial charge in [-0.1, -0.05) is 131 Å². The number of esters is 2. The van der Waals surface area contributed by atoms with E-state index in [2.05, 4.69) is 92.8 Å². The fourth-order valence-electron chi connectivity index (χ4n) is 4.82. The zero-order valence-electron chi connectivity index (χ0n) is 33.0. The highest BCUT2D eigenvalue weighted by molar-refractivity contribution is 7.47. The van der Waals surface area contributed by atoms with Crippen LogP contribution in [-0.2, 0) is 32.7 Å². The van der Waals surface area contributed by atoms with Crippen molar-refractivity contribution in [3.05, 3.63) is 85.1 Å². The van der Waals surface area contributed by atoms with Crippen molar-refractivity contribution in [1.82, 2.24) is 0 Å². The van der Waals surface area contributed by atoms with Crippen molar-refractivity contribution in [2.24, 2.45) is 5.73 Å². The molecule has 3 N–H and O–H groups in total. The van der Waals surface area contributed by atoms with Crippen LogP contribution in [0.25, 0.3) is 0 Å². The first-order valence-electron chi connectivity index (χ1n) is 20.1. The molecular weight excluding hydrogens is 689 g/mol. The zero-order valence-corrected chi connectivity index (χ0v) is 33.9. The number of phosphoric acid groups is 1. The molecule has 2 atom stereocenters. The molecule has 0 aromatic rings. The number of nitrogens with two attached hydrogens (primary N) is 1. The molecule has 9 nitrogen and oxygen atoms in total. The molecule has 0 aliphatic heterocycles. The lowest BCUT2D eigenvalue weighted by Gasteiger charge is -2.19. The minimum Gasteiger partial charge on any atom is -0.462 e. The first-order chi connectivity index (χ1) is 25.8. The molecule has 302 valence electrons. The Balaban J connectivity index is 4.35. The van der Waals surface area contributed by atoms with E-state index < -0.39 is 32.5 Å². The van der Waals surface area contributed by atoms with E-state index in [1.165, 1.54) is 25.7 Å². The number of unbranched alkanes of at least 4 members (excludes halogenated alkanes) is 9. The third kappa shape index (κ3) is 38.7. The van der Waals surface area contributed by atoms with Crippen molar-refractivity contribution in [2.75, 3.05) is 26.4 Å². The smallest absolute Gasteiger partial charge is 0.462 e. The summed E-state index contributed by atoms with van der Waals surface area (Å²) in [6, 6.07) is 0. The summed E-state index contributed by atoms with van der Waals surface area (Å²) < 4.78 is 32.6. The van der Waals surface area contributed by atoms with Crippen molar-refractivity contribution < 1.29 is 37.6 Å². The second-order valence-electron chi connectivity index (χ2n) is 12.8. The number of carbonyl (C=O) groups is 2. The quantitative estimate of drug-likeness (QED) is 0.0277. The average molecular weight is 762 g/mol. The van der Waals surface area contributed by atoms with Gasteiger partial charge in [-0.2, -0.15) is 0 Å². The first kappa shape index (κ1) is 50.2. The van der Waals surface area contributed by atoms with Gasteiger partial charge in [0.2, 0.25) is 0 Å². The van der Waals surface area contributed by atoms with Crippen LogP contribution in [0.2, 0.25) is 0 Å². The Morgan fingerprint density at radius 3 is 1.60 bits per heavy atom. The van der Waals surface area contributed by atoms with Crippen LogP contribution >= 0.6 is 7.82 Å². The standard InChI is InChI=1S/C43H72NO8P/c1-3-5-7-9-11-13-15-17-19-20-22-24-26-28-30-32-34-36-43(46)52-41(40-51-53(47,48)50-38-37-44)39-49-42(45)35-33-31-29-27-25-23-21-18-16-14-12-10-8-6-4-2/h5,7,11-14,17-19,21-22,24,28,30,41H,3-4,6,8-10,15-16,20,23,25-27,29,31-40,44H2,1-2H3,(H,47,48)/b7-5-,13-11-,14-12-,19-17-,21-18-,24-22-,30-28-/t41-/m1/s1. The van der Waals surface area contributed by atoms with E-state index in [1.54, 1.807) is 0 Å². The Bertz CT molecular complexity index is 1140. The summed E-state index contributed by atoms with van der Waals surface area (Å²) in [6.07, 6.45) is 47.6. The van der Waals surface area contributed by atoms with E-state index in [0.29, 0.717) is 19.3 Å². The molecule has 10 heteroatoms. The normalized spacial score (nSPS) is 14.3. The molecule has 0 aliphatic carbocycles. The number of hydrogen-bond donors (Lipinski definition) is 2. The maximum absolute atomic E-state index is 12.5. The minimum absolute atomic E-state index is 0.0377. The van der Waals surface area contributed by atoms with Gasteiger partial charge in [-0.05, 0) is 83.5 Å². The number of allylic oxidation sites excluding steroid dienone is 14. The van der Waals surface area contributed by atoms with Crippen molar-refractivity contribution in [3.63, 3.8) is 0 Å². The summed E-state index contributed by atoms with van der Waals surface area (Å²) in [6.45, 7) is 3.48. The predicted molar refractivity (Wildman–Crippen MR) is 219 cm³/mol. The fraction of sp³-hybridized carbons (Fsp3) is 0.628. The molecule has 0 aromatic carbocycles. The molecule has 0 saturated heterocycles. The van der Waals surface area contributed by atoms with Crippen molar-refractivity contribution in [3.8, 4) is 0 Å². The molecular formula is C43H72NO8P. The van der Waals surface area contributed by atoms with Crippen LogP contribution in [0.5, 0.6) is 0 Å². The predicted octanol–water partition coefficient (Wildman–Crippen LogP) is 11.3. The molecule has 0 aromatic heterocycles. The molecule has 0 heterocycles. The van der Waals surface area contributed by atoms with E-state index in [4.69, 9.17) is 24.3 Å². The summed E-state index contributed by atoms with van der Waals surface area (Å²) in [5.41, 5.74) is 5.33. The Labute approximate surface area is 322 Å². The van der Waals surface area contributed by atoms with Crippen LogP contribution in [0.3, 0.4) is 0 Å². The molecule has 0 radical (unpaired) electrons. The lowest BCUT2D eigenvalue weighted by Crippen LogP contribution is -2.29. The van der Waals surface area contributed by atoms with E-state index in [0.717, 1.165) is 70.6 Å². The summed E-state index contributed by atoms with van der Waals surface area (Å²) >= 11 is 0. The number of carbonyl (C=O) groups excluding carboxylic acids is 2. The van der Waals surface area contributed by atoms with Gasteiger partial charge in [-0.15, -0.1) is 0 Å². The molecule has 1 unspecified atom stereocenters. The highest BCUT2D eigenvalue weighted by Crippen LogP contribution is 2.43. The molecule has 0 amide bonds. The van der Waals surface area contributed by atoms with Gasteiger partial charge in [-0.3, -0.25) is 18.6 Å². The van der Waals surface area contributed by atoms with Gasteiger partial charge >= 0.3 is 19.8 Å². The van der Waals surface area contributed by atoms with E-state index >= 15 is 0 Å². The van der Waals surface area contributed by atoms with Gasteiger partial charge in [-0.25, -0.2) is 4.57 Å². The van der Waals surface area contributed by atoms with Gasteiger partial charge in [0, 0.05) is 19.4 Å². The Morgan fingerprint density at radius 2 is 1.06 bits per heavy atom. The molecule has 0 fully saturated rings. The Morgan fingerprint density at radius 1 is 0.585 bits per heavy atom. The number of rotatable bonds is 36.